The van der Waals surface area contributed by atoms with E-state index in [1.54, 1.807) is 23.1 Å². The summed E-state index contributed by atoms with van der Waals surface area (Å²) in [6.07, 6.45) is 5.19. The number of aryl methyl sites for hydroxylation is 1. The van der Waals surface area contributed by atoms with Gasteiger partial charge >= 0.3 is 0 Å². The van der Waals surface area contributed by atoms with Gasteiger partial charge < -0.3 is 19.1 Å². The van der Waals surface area contributed by atoms with E-state index in [9.17, 15) is 0 Å². The summed E-state index contributed by atoms with van der Waals surface area (Å²) in [5.74, 6) is 2.01. The van der Waals surface area contributed by atoms with Gasteiger partial charge in [0.15, 0.2) is 0 Å². The van der Waals surface area contributed by atoms with E-state index in [-0.39, 0.29) is 6.61 Å². The molecule has 0 amide bonds. The minimum absolute atomic E-state index is 0.00875. The molecule has 0 unspecified atom stereocenters. The summed E-state index contributed by atoms with van der Waals surface area (Å²) in [6, 6.07) is 10.5. The number of imidazole rings is 1. The van der Waals surface area contributed by atoms with Crippen LogP contribution < -0.4 is 4.74 Å². The third kappa shape index (κ3) is 5.73. The number of hydrogen-bond donors (Lipinski definition) is 1. The van der Waals surface area contributed by atoms with Gasteiger partial charge in [0, 0.05) is 32.5 Å². The maximum absolute atomic E-state index is 9.15. The van der Waals surface area contributed by atoms with Gasteiger partial charge in [0.1, 0.15) is 34.6 Å². The average molecular weight is 551 g/mol. The molecule has 38 heavy (non-hydrogen) atoms. The molecule has 3 heterocycles. The Bertz CT molecular complexity index is 1590. The molecule has 0 saturated carbocycles. The molecule has 0 saturated heterocycles. The van der Waals surface area contributed by atoms with Crippen molar-refractivity contribution in [3.8, 4) is 22.8 Å². The van der Waals surface area contributed by atoms with Gasteiger partial charge in [0.25, 0.3) is 0 Å². The number of halogens is 1. The lowest BCUT2D eigenvalue weighted by molar-refractivity contribution is 0.0885. The fourth-order valence-electron chi connectivity index (χ4n) is 4.08. The first kappa shape index (κ1) is 26.3. The summed E-state index contributed by atoms with van der Waals surface area (Å²) in [7, 11) is -1.15. The fraction of sp³-hybridized carbons (Fsp3) is 0.333. The second kappa shape index (κ2) is 10.8. The van der Waals surface area contributed by atoms with Crippen LogP contribution in [0.15, 0.2) is 48.9 Å². The van der Waals surface area contributed by atoms with Gasteiger partial charge in [-0.2, -0.15) is 5.10 Å². The van der Waals surface area contributed by atoms with E-state index in [1.807, 2.05) is 37.4 Å². The summed E-state index contributed by atoms with van der Waals surface area (Å²) in [4.78, 5) is 13.9. The van der Waals surface area contributed by atoms with Crippen LogP contribution in [-0.4, -0.2) is 55.7 Å². The first-order valence-electron chi connectivity index (χ1n) is 12.5. The van der Waals surface area contributed by atoms with Crippen LogP contribution in [0.1, 0.15) is 5.82 Å². The molecule has 198 valence electrons. The monoisotopic (exact) mass is 550 g/mol. The van der Waals surface area contributed by atoms with Crippen molar-refractivity contribution in [2.24, 2.45) is 0 Å². The summed E-state index contributed by atoms with van der Waals surface area (Å²) in [6.45, 7) is 10.6. The summed E-state index contributed by atoms with van der Waals surface area (Å²) >= 11 is 6.77. The Morgan fingerprint density at radius 3 is 2.66 bits per heavy atom. The van der Waals surface area contributed by atoms with Crippen molar-refractivity contribution < 1.29 is 14.6 Å². The van der Waals surface area contributed by atoms with E-state index in [0.717, 1.165) is 35.1 Å². The molecule has 0 fully saturated rings. The van der Waals surface area contributed by atoms with Crippen LogP contribution in [0.25, 0.3) is 33.3 Å². The van der Waals surface area contributed by atoms with E-state index in [4.69, 9.17) is 31.2 Å². The molecule has 0 bridgehead atoms. The Labute approximate surface area is 227 Å². The van der Waals surface area contributed by atoms with Crippen LogP contribution in [0, 0.1) is 6.92 Å². The SMILES string of the molecule is Cc1nc2ccc(Oc3ccc4ncc(-c5cnn(CCO)c5)nc4c3Cl)cc2n1COCC[Si](C)(C)C. The van der Waals surface area contributed by atoms with E-state index in [0.29, 0.717) is 46.5 Å². The molecule has 3 aromatic heterocycles. The molecule has 0 aliphatic heterocycles. The smallest absolute Gasteiger partial charge is 0.148 e. The molecule has 9 nitrogen and oxygen atoms in total. The van der Waals surface area contributed by atoms with Crippen LogP contribution in [0.3, 0.4) is 0 Å². The Balaban J connectivity index is 1.40. The highest BCUT2D eigenvalue weighted by molar-refractivity contribution is 6.76. The highest BCUT2D eigenvalue weighted by Gasteiger charge is 2.16. The number of aliphatic hydroxyl groups is 1. The van der Waals surface area contributed by atoms with E-state index in [2.05, 4.69) is 39.3 Å². The third-order valence-electron chi connectivity index (χ3n) is 6.23. The highest BCUT2D eigenvalue weighted by Crippen LogP contribution is 2.36. The molecule has 0 aliphatic rings. The van der Waals surface area contributed by atoms with Gasteiger partial charge in [0.2, 0.25) is 0 Å². The van der Waals surface area contributed by atoms with Crippen LogP contribution in [0.5, 0.6) is 11.5 Å². The van der Waals surface area contributed by atoms with Gasteiger partial charge in [-0.15, -0.1) is 0 Å². The van der Waals surface area contributed by atoms with Crippen molar-refractivity contribution >= 4 is 41.7 Å². The molecule has 0 spiro atoms. The topological polar surface area (TPSA) is 100 Å². The van der Waals surface area contributed by atoms with Crippen molar-refractivity contribution in [1.29, 1.82) is 0 Å². The number of rotatable bonds is 10. The Hall–Kier alpha value is -3.31. The summed E-state index contributed by atoms with van der Waals surface area (Å²) in [5.41, 5.74) is 4.44. The average Bonchev–Trinajstić information content (AvgIpc) is 3.47. The maximum atomic E-state index is 9.15. The van der Waals surface area contributed by atoms with Gasteiger partial charge in [0.05, 0.1) is 47.8 Å². The van der Waals surface area contributed by atoms with Gasteiger partial charge in [-0.3, -0.25) is 9.67 Å². The van der Waals surface area contributed by atoms with Gasteiger partial charge in [-0.1, -0.05) is 31.2 Å². The van der Waals surface area contributed by atoms with Crippen molar-refractivity contribution in [2.75, 3.05) is 13.2 Å². The predicted octanol–water partition coefficient (Wildman–Crippen LogP) is 5.90. The summed E-state index contributed by atoms with van der Waals surface area (Å²) < 4.78 is 15.9. The zero-order valence-electron chi connectivity index (χ0n) is 22.0. The molecule has 2 aromatic carbocycles. The lowest BCUT2D eigenvalue weighted by Crippen LogP contribution is -2.22. The number of ether oxygens (including phenoxy) is 2. The lowest BCUT2D eigenvalue weighted by atomic mass is 10.2. The zero-order valence-corrected chi connectivity index (χ0v) is 23.7. The Morgan fingerprint density at radius 1 is 1.05 bits per heavy atom. The Morgan fingerprint density at radius 2 is 1.87 bits per heavy atom. The normalized spacial score (nSPS) is 12.1. The number of nitrogens with zero attached hydrogens (tertiary/aromatic N) is 6. The van der Waals surface area contributed by atoms with Crippen LogP contribution >= 0.6 is 11.6 Å². The largest absolute Gasteiger partial charge is 0.456 e. The van der Waals surface area contributed by atoms with Crippen molar-refractivity contribution in [3.05, 3.63) is 59.8 Å². The molecular weight excluding hydrogens is 520 g/mol. The van der Waals surface area contributed by atoms with Crippen LogP contribution in [0.2, 0.25) is 30.7 Å². The minimum atomic E-state index is -1.15. The first-order chi connectivity index (χ1) is 18.2. The van der Waals surface area contributed by atoms with Crippen LogP contribution in [-0.2, 0) is 18.0 Å². The number of benzene rings is 2. The van der Waals surface area contributed by atoms with Crippen LogP contribution in [0.4, 0.5) is 0 Å². The zero-order chi connectivity index (χ0) is 26.9. The maximum Gasteiger partial charge on any atom is 0.148 e. The summed E-state index contributed by atoms with van der Waals surface area (Å²) in [5, 5.41) is 13.8. The van der Waals surface area contributed by atoms with Gasteiger partial charge in [-0.25, -0.2) is 9.97 Å². The van der Waals surface area contributed by atoms with Crippen molar-refractivity contribution in [3.63, 3.8) is 0 Å². The van der Waals surface area contributed by atoms with Crippen molar-refractivity contribution in [2.45, 2.75) is 45.9 Å². The van der Waals surface area contributed by atoms with Gasteiger partial charge in [-0.05, 0) is 37.2 Å². The molecule has 5 aromatic rings. The standard InChI is InChI=1S/C27H31ClN6O3Si/c1-18-31-21-6-5-20(13-24(21)34(18)17-36-11-12-38(2,3)4)37-25-8-7-22-27(26(25)28)32-23(15-29-22)19-14-30-33(16-19)9-10-35/h5-8,13-16,35H,9-12,17H2,1-4H3. The lowest BCUT2D eigenvalue weighted by Gasteiger charge is -2.16. The Kier molecular flexibility index (Phi) is 7.49. The fourth-order valence-corrected chi connectivity index (χ4v) is 5.07. The van der Waals surface area contributed by atoms with E-state index < -0.39 is 8.07 Å². The van der Waals surface area contributed by atoms with E-state index in [1.165, 1.54) is 0 Å². The molecule has 0 aliphatic carbocycles. The minimum Gasteiger partial charge on any atom is -0.456 e. The number of hydrogen-bond acceptors (Lipinski definition) is 7. The quantitative estimate of drug-likeness (QED) is 0.170. The van der Waals surface area contributed by atoms with E-state index >= 15 is 0 Å². The molecule has 11 heteroatoms. The molecular formula is C27H31ClN6O3Si. The highest BCUT2D eigenvalue weighted by atomic mass is 35.5. The number of fused-ring (bicyclic) bond motifs is 2. The van der Waals surface area contributed by atoms with Crippen molar-refractivity contribution in [1.82, 2.24) is 29.3 Å². The first-order valence-corrected chi connectivity index (χ1v) is 16.6. The third-order valence-corrected chi connectivity index (χ3v) is 8.30. The molecule has 0 radical (unpaired) electrons. The molecule has 1 N–H and O–H groups in total. The number of aliphatic hydroxyl groups excluding tert-OH is 1. The number of aromatic nitrogens is 6. The second-order valence-electron chi connectivity index (χ2n) is 10.4. The second-order valence-corrected chi connectivity index (χ2v) is 16.4. The molecule has 0 atom stereocenters. The molecule has 5 rings (SSSR count). The predicted molar refractivity (Wildman–Crippen MR) is 152 cm³/mol.